The zero-order valence-electron chi connectivity index (χ0n) is 21.8. The number of rotatable bonds is 7. The van der Waals surface area contributed by atoms with Crippen molar-refractivity contribution in [1.29, 1.82) is 0 Å². The maximum atomic E-state index is 13.4. The molecule has 2 aromatic carbocycles. The largest absolute Gasteiger partial charge is 0.460 e. The highest BCUT2D eigenvalue weighted by Gasteiger charge is 2.38. The van der Waals surface area contributed by atoms with E-state index in [0.29, 0.717) is 33.0 Å². The Hall–Kier alpha value is -4.11. The second-order valence-electron chi connectivity index (χ2n) is 9.85. The van der Waals surface area contributed by atoms with Crippen molar-refractivity contribution in [3.8, 4) is 0 Å². The number of allylic oxidation sites excluding steroid dienone is 1. The van der Waals surface area contributed by atoms with E-state index in [9.17, 15) is 14.4 Å². The summed E-state index contributed by atoms with van der Waals surface area (Å²) >= 11 is 1.28. The molecule has 0 fully saturated rings. The van der Waals surface area contributed by atoms with Gasteiger partial charge in [0, 0.05) is 22.7 Å². The van der Waals surface area contributed by atoms with Crippen molar-refractivity contribution < 1.29 is 23.9 Å². The third kappa shape index (κ3) is 5.89. The molecule has 0 spiro atoms. The predicted molar refractivity (Wildman–Crippen MR) is 148 cm³/mol. The third-order valence-electron chi connectivity index (χ3n) is 5.86. The van der Waals surface area contributed by atoms with Crippen molar-refractivity contribution in [2.45, 2.75) is 39.2 Å². The Balaban J connectivity index is 1.61. The van der Waals surface area contributed by atoms with E-state index in [-0.39, 0.29) is 18.9 Å². The molecule has 0 radical (unpaired) electrons. The summed E-state index contributed by atoms with van der Waals surface area (Å²) in [5.41, 5.74) is 9.38. The van der Waals surface area contributed by atoms with Gasteiger partial charge in [-0.25, -0.2) is 9.59 Å². The van der Waals surface area contributed by atoms with Crippen LogP contribution in [-0.4, -0.2) is 36.6 Å². The van der Waals surface area contributed by atoms with Gasteiger partial charge in [-0.1, -0.05) is 60.7 Å². The minimum absolute atomic E-state index is 0.0416. The fraction of sp³-hybridized carbons (Fsp3) is 0.276. The van der Waals surface area contributed by atoms with E-state index in [1.807, 2.05) is 36.4 Å². The second-order valence-corrected chi connectivity index (χ2v) is 10.9. The van der Waals surface area contributed by atoms with E-state index in [2.05, 4.69) is 10.6 Å². The molecule has 198 valence electrons. The van der Waals surface area contributed by atoms with Gasteiger partial charge in [0.2, 0.25) is 5.78 Å². The van der Waals surface area contributed by atoms with Crippen molar-refractivity contribution in [2.75, 3.05) is 24.2 Å². The summed E-state index contributed by atoms with van der Waals surface area (Å²) in [5.74, 6) is -1.25. The number of hydrogen-bond donors (Lipinski definition) is 3. The molecule has 0 bridgehead atoms. The number of esters is 1. The molecule has 4 N–H and O–H groups in total. The maximum absolute atomic E-state index is 13.4. The number of amides is 1. The molecule has 1 aliphatic rings. The number of carbonyl (C=O) groups is 3. The zero-order chi connectivity index (χ0) is 27.4. The number of nitrogens with one attached hydrogen (secondary N) is 2. The molecule has 1 aromatic heterocycles. The van der Waals surface area contributed by atoms with Crippen molar-refractivity contribution in [3.05, 3.63) is 93.5 Å². The molecule has 1 atom stereocenters. The van der Waals surface area contributed by atoms with Gasteiger partial charge >= 0.3 is 12.1 Å². The minimum Gasteiger partial charge on any atom is -0.460 e. The molecule has 0 saturated heterocycles. The van der Waals surface area contributed by atoms with Crippen molar-refractivity contribution in [2.24, 2.45) is 0 Å². The van der Waals surface area contributed by atoms with E-state index in [1.54, 1.807) is 52.0 Å². The number of nitrogens with two attached hydrogens (primary N) is 1. The first-order valence-electron chi connectivity index (χ1n) is 12.3. The Morgan fingerprint density at radius 2 is 1.66 bits per heavy atom. The molecular weight excluding hydrogens is 502 g/mol. The minimum atomic E-state index is -0.627. The highest BCUT2D eigenvalue weighted by molar-refractivity contribution is 7.19. The van der Waals surface area contributed by atoms with Crippen LogP contribution in [0, 0.1) is 0 Å². The van der Waals surface area contributed by atoms with Crippen LogP contribution >= 0.6 is 11.3 Å². The Kier molecular flexibility index (Phi) is 7.87. The average Bonchev–Trinajstić information content (AvgIpc) is 3.20. The first-order chi connectivity index (χ1) is 18.1. The molecule has 38 heavy (non-hydrogen) atoms. The Morgan fingerprint density at radius 3 is 2.29 bits per heavy atom. The predicted octanol–water partition coefficient (Wildman–Crippen LogP) is 5.46. The van der Waals surface area contributed by atoms with Crippen LogP contribution in [0.5, 0.6) is 0 Å². The number of alkyl carbamates (subject to hydrolysis) is 1. The Labute approximate surface area is 225 Å². The molecule has 4 rings (SSSR count). The van der Waals surface area contributed by atoms with Crippen LogP contribution in [0.4, 0.5) is 15.5 Å². The van der Waals surface area contributed by atoms with Crippen LogP contribution < -0.4 is 16.4 Å². The second kappa shape index (κ2) is 11.1. The van der Waals surface area contributed by atoms with Gasteiger partial charge in [0.25, 0.3) is 0 Å². The first kappa shape index (κ1) is 26.9. The van der Waals surface area contributed by atoms with Crippen LogP contribution in [0.1, 0.15) is 60.0 Å². The number of hydrogen-bond acceptors (Lipinski definition) is 8. The number of thiophene rings is 1. The number of ether oxygens (including phenoxy) is 2. The van der Waals surface area contributed by atoms with Gasteiger partial charge in [0.1, 0.15) is 17.1 Å². The Bertz CT molecular complexity index is 1370. The number of anilines is 2. The fourth-order valence-electron chi connectivity index (χ4n) is 4.26. The summed E-state index contributed by atoms with van der Waals surface area (Å²) in [6.45, 7) is 7.15. The quantitative estimate of drug-likeness (QED) is 0.210. The molecule has 1 unspecified atom stereocenters. The van der Waals surface area contributed by atoms with E-state index in [1.165, 1.54) is 11.3 Å². The van der Waals surface area contributed by atoms with Gasteiger partial charge in [-0.15, -0.1) is 11.3 Å². The summed E-state index contributed by atoms with van der Waals surface area (Å²) < 4.78 is 10.8. The summed E-state index contributed by atoms with van der Waals surface area (Å²) in [6, 6.07) is 18.5. The standard InChI is InChI=1S/C29H31N3O5S/c1-17-20(27(34)36-16-15-31-28(35)37-29(2,3)4)21(18-11-7-5-8-12-18)22-23(30)25(38-26(22)32-17)24(33)19-13-9-6-10-14-19/h5-14,21,32H,15-16,30H2,1-4H3,(H,31,35). The third-order valence-corrected chi connectivity index (χ3v) is 7.00. The highest BCUT2D eigenvalue weighted by atomic mass is 32.1. The molecule has 3 aromatic rings. The van der Waals surface area contributed by atoms with Crippen LogP contribution in [0.3, 0.4) is 0 Å². The number of carbonyl (C=O) groups excluding carboxylic acids is 3. The topological polar surface area (TPSA) is 120 Å². The van der Waals surface area contributed by atoms with Crippen LogP contribution in [0.15, 0.2) is 71.9 Å². The molecule has 0 aliphatic carbocycles. The highest BCUT2D eigenvalue weighted by Crippen LogP contribution is 2.50. The lowest BCUT2D eigenvalue weighted by atomic mass is 9.81. The van der Waals surface area contributed by atoms with E-state index < -0.39 is 23.6 Å². The smallest absolute Gasteiger partial charge is 0.407 e. The molecule has 8 nitrogen and oxygen atoms in total. The van der Waals surface area contributed by atoms with Crippen molar-refractivity contribution in [1.82, 2.24) is 5.32 Å². The zero-order valence-corrected chi connectivity index (χ0v) is 22.6. The molecule has 1 amide bonds. The van der Waals surface area contributed by atoms with E-state index in [0.717, 1.165) is 10.6 Å². The van der Waals surface area contributed by atoms with Crippen LogP contribution in [0.25, 0.3) is 0 Å². The summed E-state index contributed by atoms with van der Waals surface area (Å²) in [4.78, 5) is 39.0. The first-order valence-corrected chi connectivity index (χ1v) is 13.1. The lowest BCUT2D eigenvalue weighted by Crippen LogP contribution is -2.35. The number of fused-ring (bicyclic) bond motifs is 1. The van der Waals surface area contributed by atoms with E-state index in [4.69, 9.17) is 15.2 Å². The lowest BCUT2D eigenvalue weighted by molar-refractivity contribution is -0.139. The maximum Gasteiger partial charge on any atom is 0.407 e. The van der Waals surface area contributed by atoms with Gasteiger partial charge in [0.15, 0.2) is 0 Å². The van der Waals surface area contributed by atoms with Gasteiger partial charge in [0.05, 0.1) is 22.8 Å². The SMILES string of the molecule is CC1=C(C(=O)OCCNC(=O)OC(C)(C)C)C(c2ccccc2)c2c(sc(C(=O)c3ccccc3)c2N)N1. The summed E-state index contributed by atoms with van der Waals surface area (Å²) in [5, 5.41) is 6.57. The van der Waals surface area contributed by atoms with Crippen LogP contribution in [0.2, 0.25) is 0 Å². The van der Waals surface area contributed by atoms with Crippen molar-refractivity contribution in [3.63, 3.8) is 0 Å². The lowest BCUT2D eigenvalue weighted by Gasteiger charge is -2.28. The molecule has 0 saturated carbocycles. The number of nitrogen functional groups attached to an aromatic ring is 1. The van der Waals surface area contributed by atoms with Gasteiger partial charge in [-0.3, -0.25) is 4.79 Å². The number of benzene rings is 2. The molecule has 9 heteroatoms. The molecular formula is C29H31N3O5S. The number of ketones is 1. The molecule has 2 heterocycles. The van der Waals surface area contributed by atoms with Crippen molar-refractivity contribution >= 4 is 39.9 Å². The Morgan fingerprint density at radius 1 is 1.03 bits per heavy atom. The van der Waals surface area contributed by atoms with E-state index >= 15 is 0 Å². The summed E-state index contributed by atoms with van der Waals surface area (Å²) in [6.07, 6.45) is -0.586. The van der Waals surface area contributed by atoms with Gasteiger partial charge in [-0.2, -0.15) is 0 Å². The molecule has 1 aliphatic heterocycles. The summed E-state index contributed by atoms with van der Waals surface area (Å²) in [7, 11) is 0. The monoisotopic (exact) mass is 533 g/mol. The average molecular weight is 534 g/mol. The van der Waals surface area contributed by atoms with Gasteiger partial charge < -0.3 is 25.8 Å². The van der Waals surface area contributed by atoms with Gasteiger partial charge in [-0.05, 0) is 33.3 Å². The van der Waals surface area contributed by atoms with Crippen LogP contribution in [-0.2, 0) is 14.3 Å². The normalized spacial score (nSPS) is 14.8. The fourth-order valence-corrected chi connectivity index (χ4v) is 5.44.